The Labute approximate surface area is 203 Å². The summed E-state index contributed by atoms with van der Waals surface area (Å²) in [6.07, 6.45) is 2.94. The van der Waals surface area contributed by atoms with Crippen molar-refractivity contribution in [3.63, 3.8) is 0 Å². The first-order valence-corrected chi connectivity index (χ1v) is 11.7. The van der Waals surface area contributed by atoms with E-state index < -0.39 is 12.1 Å². The molecule has 5 aromatic rings. The van der Waals surface area contributed by atoms with Crippen LogP contribution >= 0.6 is 0 Å². The van der Waals surface area contributed by atoms with Gasteiger partial charge in [-0.25, -0.2) is 4.79 Å². The Morgan fingerprint density at radius 3 is 2.51 bits per heavy atom. The normalized spacial score (nSPS) is 12.3. The maximum atomic E-state index is 11.3. The van der Waals surface area contributed by atoms with Crippen LogP contribution in [-0.2, 0) is 22.5 Å². The fourth-order valence-electron chi connectivity index (χ4n) is 4.51. The van der Waals surface area contributed by atoms with Crippen LogP contribution in [0, 0.1) is 0 Å². The molecule has 1 unspecified atom stereocenters. The van der Waals surface area contributed by atoms with Gasteiger partial charge in [-0.15, -0.1) is 0 Å². The number of aromatic nitrogens is 1. The van der Waals surface area contributed by atoms with Crippen LogP contribution in [0.3, 0.4) is 0 Å². The lowest BCUT2D eigenvalue weighted by Gasteiger charge is -2.13. The minimum Gasteiger partial charge on any atom is -0.492 e. The van der Waals surface area contributed by atoms with Crippen molar-refractivity contribution in [1.29, 1.82) is 0 Å². The Bertz CT molecular complexity index is 1430. The van der Waals surface area contributed by atoms with Crippen LogP contribution in [0.2, 0.25) is 0 Å². The Kier molecular flexibility index (Phi) is 6.55. The molecule has 0 bridgehead atoms. The van der Waals surface area contributed by atoms with E-state index in [9.17, 15) is 9.90 Å². The second-order valence-corrected chi connectivity index (χ2v) is 8.39. The van der Waals surface area contributed by atoms with Gasteiger partial charge in [0.15, 0.2) is 6.10 Å². The molecule has 1 atom stereocenters. The van der Waals surface area contributed by atoms with Gasteiger partial charge in [-0.05, 0) is 54.4 Å². The van der Waals surface area contributed by atoms with Crippen molar-refractivity contribution in [3.8, 4) is 16.9 Å². The van der Waals surface area contributed by atoms with Crippen LogP contribution in [-0.4, -0.2) is 35.0 Å². The summed E-state index contributed by atoms with van der Waals surface area (Å²) < 4.78 is 18.9. The molecule has 35 heavy (non-hydrogen) atoms. The summed E-state index contributed by atoms with van der Waals surface area (Å²) in [5, 5.41) is 11.7. The number of ether oxygens (including phenoxy) is 2. The Morgan fingerprint density at radius 2 is 1.77 bits per heavy atom. The van der Waals surface area contributed by atoms with Gasteiger partial charge >= 0.3 is 5.97 Å². The third kappa shape index (κ3) is 4.79. The lowest BCUT2D eigenvalue weighted by molar-refractivity contribution is -0.149. The number of hydrogen-bond donors (Lipinski definition) is 1. The molecule has 0 radical (unpaired) electrons. The van der Waals surface area contributed by atoms with Gasteiger partial charge in [-0.3, -0.25) is 0 Å². The summed E-state index contributed by atoms with van der Waals surface area (Å²) >= 11 is 0. The molecule has 0 amide bonds. The molecule has 0 fully saturated rings. The zero-order valence-corrected chi connectivity index (χ0v) is 19.5. The van der Waals surface area contributed by atoms with Crippen LogP contribution in [0.5, 0.6) is 5.75 Å². The molecule has 2 aromatic heterocycles. The minimum atomic E-state index is -0.949. The second-order valence-electron chi connectivity index (χ2n) is 8.39. The molecule has 178 valence electrons. The molecule has 0 spiro atoms. The molecule has 0 aliphatic heterocycles. The zero-order chi connectivity index (χ0) is 24.2. The van der Waals surface area contributed by atoms with Crippen molar-refractivity contribution in [2.75, 3.05) is 13.2 Å². The first-order chi connectivity index (χ1) is 17.1. The molecule has 0 aliphatic rings. The lowest BCUT2D eigenvalue weighted by Crippen LogP contribution is -2.26. The van der Waals surface area contributed by atoms with E-state index in [4.69, 9.17) is 13.9 Å². The number of aliphatic carboxylic acids is 1. The van der Waals surface area contributed by atoms with Crippen molar-refractivity contribution in [3.05, 3.63) is 90.9 Å². The van der Waals surface area contributed by atoms with E-state index in [0.717, 1.165) is 28.0 Å². The smallest absolute Gasteiger partial charge is 0.333 e. The SMILES string of the molecule is CCOC(Cc1ccc(OCCn2c3ccccc3c3cc(-c4ccoc4)ccc32)cc1)C(=O)O. The van der Waals surface area contributed by atoms with E-state index in [1.807, 2.05) is 30.3 Å². The molecule has 1 N–H and O–H groups in total. The van der Waals surface area contributed by atoms with E-state index in [1.54, 1.807) is 19.5 Å². The third-order valence-electron chi connectivity index (χ3n) is 6.20. The van der Waals surface area contributed by atoms with Gasteiger partial charge < -0.3 is 23.6 Å². The Morgan fingerprint density at radius 1 is 0.971 bits per heavy atom. The second kappa shape index (κ2) is 10.1. The monoisotopic (exact) mass is 469 g/mol. The van der Waals surface area contributed by atoms with E-state index in [1.165, 1.54) is 16.3 Å². The van der Waals surface area contributed by atoms with Crippen LogP contribution in [0.25, 0.3) is 32.9 Å². The Balaban J connectivity index is 1.31. The molecule has 0 saturated carbocycles. The molecular formula is C29H27NO5. The number of nitrogens with zero attached hydrogens (tertiary/aromatic N) is 1. The van der Waals surface area contributed by atoms with E-state index in [0.29, 0.717) is 26.2 Å². The highest BCUT2D eigenvalue weighted by Crippen LogP contribution is 2.32. The molecule has 5 rings (SSSR count). The minimum absolute atomic E-state index is 0.325. The van der Waals surface area contributed by atoms with Gasteiger partial charge in [0, 0.05) is 40.4 Å². The zero-order valence-electron chi connectivity index (χ0n) is 19.5. The average molecular weight is 470 g/mol. The van der Waals surface area contributed by atoms with Gasteiger partial charge in [0.1, 0.15) is 12.4 Å². The Hall–Kier alpha value is -4.03. The fourth-order valence-corrected chi connectivity index (χ4v) is 4.51. The number of fused-ring (bicyclic) bond motifs is 3. The summed E-state index contributed by atoms with van der Waals surface area (Å²) in [4.78, 5) is 11.3. The molecule has 6 nitrogen and oxygen atoms in total. The van der Waals surface area contributed by atoms with Gasteiger partial charge in [-0.1, -0.05) is 36.4 Å². The quantitative estimate of drug-likeness (QED) is 0.265. The number of benzene rings is 3. The maximum Gasteiger partial charge on any atom is 0.333 e. The summed E-state index contributed by atoms with van der Waals surface area (Å²) in [5.41, 5.74) is 5.41. The average Bonchev–Trinajstić information content (AvgIpc) is 3.52. The van der Waals surface area contributed by atoms with E-state index >= 15 is 0 Å². The van der Waals surface area contributed by atoms with Gasteiger partial charge in [0.05, 0.1) is 19.1 Å². The number of rotatable bonds is 10. The molecule has 0 aliphatic carbocycles. The number of para-hydroxylation sites is 1. The lowest BCUT2D eigenvalue weighted by atomic mass is 10.1. The predicted molar refractivity (Wildman–Crippen MR) is 136 cm³/mol. The predicted octanol–water partition coefficient (Wildman–Crippen LogP) is 6.17. The first-order valence-electron chi connectivity index (χ1n) is 11.7. The number of hydrogen-bond acceptors (Lipinski definition) is 4. The third-order valence-corrected chi connectivity index (χ3v) is 6.20. The summed E-state index contributed by atoms with van der Waals surface area (Å²) in [6.45, 7) is 3.36. The number of carboxylic acids is 1. The van der Waals surface area contributed by atoms with E-state index in [2.05, 4.69) is 47.0 Å². The molecule has 2 heterocycles. The number of furan rings is 1. The highest BCUT2D eigenvalue weighted by molar-refractivity contribution is 6.09. The molecule has 3 aromatic carbocycles. The van der Waals surface area contributed by atoms with Crippen molar-refractivity contribution in [2.45, 2.75) is 26.0 Å². The van der Waals surface area contributed by atoms with Crippen LogP contribution in [0.1, 0.15) is 12.5 Å². The highest BCUT2D eigenvalue weighted by Gasteiger charge is 2.18. The summed E-state index contributed by atoms with van der Waals surface area (Å²) in [6, 6.07) is 24.4. The van der Waals surface area contributed by atoms with E-state index in [-0.39, 0.29) is 0 Å². The standard InChI is InChI=1S/C29H27NO5/c1-2-34-28(29(31)32)17-20-7-10-23(11-8-20)35-16-14-30-26-6-4-3-5-24(26)25-18-21(9-12-27(25)30)22-13-15-33-19-22/h3-13,15,18-19,28H,2,14,16-17H2,1H3,(H,31,32). The largest absolute Gasteiger partial charge is 0.492 e. The first kappa shape index (κ1) is 22.7. The topological polar surface area (TPSA) is 73.8 Å². The fraction of sp³-hybridized carbons (Fsp3) is 0.207. The van der Waals surface area contributed by atoms with Crippen LogP contribution < -0.4 is 4.74 Å². The van der Waals surface area contributed by atoms with Gasteiger partial charge in [-0.2, -0.15) is 0 Å². The maximum absolute atomic E-state index is 11.3. The van der Waals surface area contributed by atoms with Crippen molar-refractivity contribution in [2.24, 2.45) is 0 Å². The van der Waals surface area contributed by atoms with Gasteiger partial charge in [0.25, 0.3) is 0 Å². The van der Waals surface area contributed by atoms with Crippen molar-refractivity contribution in [1.82, 2.24) is 4.57 Å². The van der Waals surface area contributed by atoms with Crippen LogP contribution in [0.15, 0.2) is 89.7 Å². The molecule has 6 heteroatoms. The van der Waals surface area contributed by atoms with Crippen molar-refractivity contribution < 1.29 is 23.8 Å². The summed E-state index contributed by atoms with van der Waals surface area (Å²) in [5.74, 6) is -0.199. The highest BCUT2D eigenvalue weighted by atomic mass is 16.5. The molecular weight excluding hydrogens is 442 g/mol. The van der Waals surface area contributed by atoms with Crippen molar-refractivity contribution >= 4 is 27.8 Å². The molecule has 0 saturated heterocycles. The number of carboxylic acid groups (broad SMARTS) is 1. The van der Waals surface area contributed by atoms with Gasteiger partial charge in [0.2, 0.25) is 0 Å². The van der Waals surface area contributed by atoms with Crippen LogP contribution in [0.4, 0.5) is 0 Å². The summed E-state index contributed by atoms with van der Waals surface area (Å²) in [7, 11) is 0. The number of carbonyl (C=O) groups is 1.